The van der Waals surface area contributed by atoms with Gasteiger partial charge in [0.15, 0.2) is 5.67 Å². The number of para-hydroxylation sites is 1. The summed E-state index contributed by atoms with van der Waals surface area (Å²) in [5, 5.41) is 0.939. The lowest BCUT2D eigenvalue weighted by molar-refractivity contribution is 0.113. The molecule has 1 heterocycles. The van der Waals surface area contributed by atoms with Gasteiger partial charge < -0.3 is 10.2 Å². The van der Waals surface area contributed by atoms with Crippen molar-refractivity contribution in [2.24, 2.45) is 11.7 Å². The van der Waals surface area contributed by atoms with Crippen LogP contribution >= 0.6 is 0 Å². The van der Waals surface area contributed by atoms with Gasteiger partial charge in [0.1, 0.15) is 11.3 Å². The first-order chi connectivity index (χ1) is 7.74. The zero-order chi connectivity index (χ0) is 11.2. The lowest BCUT2D eigenvalue weighted by atomic mass is 9.97. The van der Waals surface area contributed by atoms with Gasteiger partial charge in [-0.15, -0.1) is 0 Å². The Morgan fingerprint density at radius 1 is 1.38 bits per heavy atom. The van der Waals surface area contributed by atoms with Gasteiger partial charge in [-0.2, -0.15) is 0 Å². The molecule has 3 heteroatoms. The Morgan fingerprint density at radius 2 is 2.12 bits per heavy atom. The SMILES string of the molecule is NCC(F)(c1cc2ccccc2o1)C1CC1. The van der Waals surface area contributed by atoms with Crippen LogP contribution in [0.4, 0.5) is 4.39 Å². The van der Waals surface area contributed by atoms with Gasteiger partial charge in [-0.05, 0) is 25.0 Å². The topological polar surface area (TPSA) is 39.2 Å². The normalized spacial score (nSPS) is 19.9. The average Bonchev–Trinajstić information content (AvgIpc) is 3.07. The van der Waals surface area contributed by atoms with Crippen molar-refractivity contribution in [1.82, 2.24) is 0 Å². The van der Waals surface area contributed by atoms with E-state index in [0.29, 0.717) is 5.76 Å². The van der Waals surface area contributed by atoms with E-state index in [1.54, 1.807) is 6.07 Å². The maximum Gasteiger partial charge on any atom is 0.183 e. The van der Waals surface area contributed by atoms with Crippen LogP contribution in [0.5, 0.6) is 0 Å². The minimum absolute atomic E-state index is 0.00249. The minimum Gasteiger partial charge on any atom is -0.458 e. The molecule has 1 unspecified atom stereocenters. The summed E-state index contributed by atoms with van der Waals surface area (Å²) in [4.78, 5) is 0. The van der Waals surface area contributed by atoms with Crippen LogP contribution in [-0.2, 0) is 5.67 Å². The summed E-state index contributed by atoms with van der Waals surface area (Å²) in [6.45, 7) is -0.00249. The zero-order valence-electron chi connectivity index (χ0n) is 8.95. The van der Waals surface area contributed by atoms with Crippen LogP contribution in [0.3, 0.4) is 0 Å². The van der Waals surface area contributed by atoms with Gasteiger partial charge in [0, 0.05) is 17.8 Å². The van der Waals surface area contributed by atoms with Gasteiger partial charge in [-0.25, -0.2) is 4.39 Å². The standard InChI is InChI=1S/C13H14FNO/c14-13(8-15,10-5-6-10)12-7-9-3-1-2-4-11(9)16-12/h1-4,7,10H,5-6,8,15H2. The third-order valence-corrected chi connectivity index (χ3v) is 3.36. The molecular formula is C13H14FNO. The van der Waals surface area contributed by atoms with E-state index < -0.39 is 5.67 Å². The van der Waals surface area contributed by atoms with Crippen molar-refractivity contribution in [3.63, 3.8) is 0 Å². The summed E-state index contributed by atoms with van der Waals surface area (Å²) in [7, 11) is 0. The van der Waals surface area contributed by atoms with Crippen LogP contribution in [-0.4, -0.2) is 6.54 Å². The van der Waals surface area contributed by atoms with E-state index in [1.165, 1.54) is 0 Å². The highest BCUT2D eigenvalue weighted by atomic mass is 19.1. The van der Waals surface area contributed by atoms with Crippen molar-refractivity contribution in [3.8, 4) is 0 Å². The lowest BCUT2D eigenvalue weighted by Crippen LogP contribution is -2.32. The fraction of sp³-hybridized carbons (Fsp3) is 0.385. The van der Waals surface area contributed by atoms with E-state index in [9.17, 15) is 4.39 Å². The van der Waals surface area contributed by atoms with Gasteiger partial charge in [0.05, 0.1) is 0 Å². The van der Waals surface area contributed by atoms with Gasteiger partial charge in [-0.3, -0.25) is 0 Å². The molecular weight excluding hydrogens is 205 g/mol. The van der Waals surface area contributed by atoms with E-state index >= 15 is 0 Å². The molecule has 1 atom stereocenters. The summed E-state index contributed by atoms with van der Waals surface area (Å²) in [6.07, 6.45) is 1.81. The number of halogens is 1. The van der Waals surface area contributed by atoms with E-state index in [4.69, 9.17) is 10.2 Å². The third-order valence-electron chi connectivity index (χ3n) is 3.36. The van der Waals surface area contributed by atoms with Crippen molar-refractivity contribution in [3.05, 3.63) is 36.1 Å². The minimum atomic E-state index is -1.47. The van der Waals surface area contributed by atoms with Crippen molar-refractivity contribution < 1.29 is 8.81 Å². The zero-order valence-corrected chi connectivity index (χ0v) is 8.95. The molecule has 1 aliphatic carbocycles. The number of furan rings is 1. The second-order valence-electron chi connectivity index (χ2n) is 4.49. The predicted molar refractivity (Wildman–Crippen MR) is 60.8 cm³/mol. The van der Waals surface area contributed by atoms with Crippen molar-refractivity contribution in [1.29, 1.82) is 0 Å². The highest BCUT2D eigenvalue weighted by molar-refractivity contribution is 5.78. The second kappa shape index (κ2) is 3.32. The van der Waals surface area contributed by atoms with Crippen LogP contribution in [0.15, 0.2) is 34.7 Å². The number of hydrogen-bond acceptors (Lipinski definition) is 2. The van der Waals surface area contributed by atoms with Gasteiger partial charge in [0.2, 0.25) is 0 Å². The van der Waals surface area contributed by atoms with Gasteiger partial charge in [0.25, 0.3) is 0 Å². The Kier molecular flexibility index (Phi) is 2.04. The number of hydrogen-bond donors (Lipinski definition) is 1. The molecule has 2 nitrogen and oxygen atoms in total. The third kappa shape index (κ3) is 1.35. The second-order valence-corrected chi connectivity index (χ2v) is 4.49. The fourth-order valence-electron chi connectivity index (χ4n) is 2.20. The summed E-state index contributed by atoms with van der Waals surface area (Å²) in [5.74, 6) is 0.428. The molecule has 1 aliphatic rings. The molecule has 2 aromatic rings. The van der Waals surface area contributed by atoms with E-state index in [2.05, 4.69) is 0 Å². The molecule has 0 spiro atoms. The molecule has 0 aliphatic heterocycles. The molecule has 0 radical (unpaired) electrons. The Labute approximate surface area is 93.2 Å². The van der Waals surface area contributed by atoms with Gasteiger partial charge in [-0.1, -0.05) is 18.2 Å². The fourth-order valence-corrected chi connectivity index (χ4v) is 2.20. The highest BCUT2D eigenvalue weighted by Gasteiger charge is 2.48. The van der Waals surface area contributed by atoms with E-state index in [1.807, 2.05) is 24.3 Å². The Bertz CT molecular complexity index is 484. The molecule has 1 saturated carbocycles. The van der Waals surface area contributed by atoms with Crippen LogP contribution in [0.25, 0.3) is 11.0 Å². The van der Waals surface area contributed by atoms with Crippen LogP contribution in [0.2, 0.25) is 0 Å². The highest BCUT2D eigenvalue weighted by Crippen LogP contribution is 2.48. The molecule has 16 heavy (non-hydrogen) atoms. The van der Waals surface area contributed by atoms with Crippen molar-refractivity contribution in [2.75, 3.05) is 6.54 Å². The molecule has 1 aromatic heterocycles. The molecule has 1 aromatic carbocycles. The lowest BCUT2D eigenvalue weighted by Gasteiger charge is -2.20. The number of benzene rings is 1. The van der Waals surface area contributed by atoms with E-state index in [-0.39, 0.29) is 12.5 Å². The maximum atomic E-state index is 14.7. The average molecular weight is 219 g/mol. The largest absolute Gasteiger partial charge is 0.458 e. The van der Waals surface area contributed by atoms with Crippen LogP contribution < -0.4 is 5.73 Å². The molecule has 0 bridgehead atoms. The summed E-state index contributed by atoms with van der Waals surface area (Å²) in [5.41, 5.74) is 4.82. The molecule has 0 saturated heterocycles. The van der Waals surface area contributed by atoms with Crippen LogP contribution in [0, 0.1) is 5.92 Å². The Balaban J connectivity index is 2.10. The number of rotatable bonds is 3. The van der Waals surface area contributed by atoms with Crippen LogP contribution in [0.1, 0.15) is 18.6 Å². The first-order valence-corrected chi connectivity index (χ1v) is 5.62. The predicted octanol–water partition coefficient (Wildman–Crippen LogP) is 2.97. The molecule has 2 N–H and O–H groups in total. The molecule has 1 fully saturated rings. The summed E-state index contributed by atoms with van der Waals surface area (Å²) < 4.78 is 20.2. The quantitative estimate of drug-likeness (QED) is 0.862. The number of alkyl halides is 1. The van der Waals surface area contributed by atoms with Crippen molar-refractivity contribution in [2.45, 2.75) is 18.5 Å². The Hall–Kier alpha value is -1.35. The first kappa shape index (κ1) is 9.85. The maximum absolute atomic E-state index is 14.7. The molecule has 3 rings (SSSR count). The van der Waals surface area contributed by atoms with E-state index in [0.717, 1.165) is 23.8 Å². The summed E-state index contributed by atoms with van der Waals surface area (Å²) in [6, 6.07) is 9.35. The number of nitrogens with two attached hydrogens (primary N) is 1. The van der Waals surface area contributed by atoms with Crippen molar-refractivity contribution >= 4 is 11.0 Å². The number of fused-ring (bicyclic) bond motifs is 1. The summed E-state index contributed by atoms with van der Waals surface area (Å²) >= 11 is 0. The molecule has 0 amide bonds. The Morgan fingerprint density at radius 3 is 2.75 bits per heavy atom. The first-order valence-electron chi connectivity index (χ1n) is 5.62. The van der Waals surface area contributed by atoms with Gasteiger partial charge >= 0.3 is 0 Å². The molecule has 84 valence electrons. The smallest absolute Gasteiger partial charge is 0.183 e. The monoisotopic (exact) mass is 219 g/mol.